The molecule has 0 spiro atoms. The van der Waals surface area contributed by atoms with E-state index in [9.17, 15) is 9.59 Å². The fourth-order valence-corrected chi connectivity index (χ4v) is 4.07. The minimum atomic E-state index is -0.601. The Bertz CT molecular complexity index is 1110. The average molecular weight is 422 g/mol. The lowest BCUT2D eigenvalue weighted by atomic mass is 10.1. The van der Waals surface area contributed by atoms with Gasteiger partial charge in [-0.15, -0.1) is 11.3 Å². The van der Waals surface area contributed by atoms with Crippen LogP contribution in [0, 0.1) is 13.8 Å². The molecule has 1 atom stereocenters. The van der Waals surface area contributed by atoms with E-state index in [1.54, 1.807) is 11.3 Å². The molecule has 1 unspecified atom stereocenters. The van der Waals surface area contributed by atoms with Crippen molar-refractivity contribution >= 4 is 34.5 Å². The Morgan fingerprint density at radius 3 is 2.73 bits per heavy atom. The predicted octanol–water partition coefficient (Wildman–Crippen LogP) is 4.57. The Labute approximate surface area is 179 Å². The molecular weight excluding hydrogens is 398 g/mol. The number of benzene rings is 2. The topological polar surface area (TPSA) is 71.5 Å². The number of fused-ring (bicyclic) bond motifs is 1. The Balaban J connectivity index is 1.65. The van der Waals surface area contributed by atoms with Gasteiger partial charge in [-0.2, -0.15) is 0 Å². The Morgan fingerprint density at radius 1 is 1.23 bits per heavy atom. The number of thiazole rings is 1. The van der Waals surface area contributed by atoms with Crippen molar-refractivity contribution in [1.82, 2.24) is 4.98 Å². The van der Waals surface area contributed by atoms with Crippen LogP contribution in [0.3, 0.4) is 0 Å². The van der Waals surface area contributed by atoms with Gasteiger partial charge in [0.05, 0.1) is 16.4 Å². The van der Waals surface area contributed by atoms with Gasteiger partial charge < -0.3 is 10.1 Å². The summed E-state index contributed by atoms with van der Waals surface area (Å²) in [5, 5.41) is 5.85. The van der Waals surface area contributed by atoms with E-state index in [4.69, 9.17) is 4.74 Å². The Kier molecular flexibility index (Phi) is 5.55. The molecule has 0 aliphatic carbocycles. The zero-order chi connectivity index (χ0) is 21.3. The number of carbonyl (C=O) groups is 2. The van der Waals surface area contributed by atoms with E-state index < -0.39 is 6.10 Å². The highest BCUT2D eigenvalue weighted by atomic mass is 32.1. The third-order valence-corrected chi connectivity index (χ3v) is 5.84. The molecule has 6 nitrogen and oxygen atoms in total. The Hall–Kier alpha value is -3.19. The van der Waals surface area contributed by atoms with E-state index in [0.29, 0.717) is 17.9 Å². The lowest BCUT2D eigenvalue weighted by Crippen LogP contribution is -2.48. The summed E-state index contributed by atoms with van der Waals surface area (Å²) < 4.78 is 5.90. The third kappa shape index (κ3) is 3.93. The molecule has 1 aliphatic rings. The maximum absolute atomic E-state index is 13.0. The molecule has 0 radical (unpaired) electrons. The van der Waals surface area contributed by atoms with Gasteiger partial charge in [-0.1, -0.05) is 25.1 Å². The van der Waals surface area contributed by atoms with Crippen molar-refractivity contribution in [3.05, 3.63) is 58.4 Å². The standard InChI is InChI=1S/C23H23N3O3S/c1-4-20-23(28)26(12-22(27)25-17-8-6-5-7-14(17)2)19-11-16(9-10-21(19)29-20)18-13-30-15(3)24-18/h5-11,13,20H,4,12H2,1-3H3,(H,25,27). The molecule has 1 aliphatic heterocycles. The lowest BCUT2D eigenvalue weighted by molar-refractivity contribution is -0.128. The normalized spacial score (nSPS) is 15.5. The number of hydrogen-bond acceptors (Lipinski definition) is 5. The van der Waals surface area contributed by atoms with Crippen LogP contribution in [-0.4, -0.2) is 29.4 Å². The highest BCUT2D eigenvalue weighted by Gasteiger charge is 2.34. The average Bonchev–Trinajstić information content (AvgIpc) is 3.17. The van der Waals surface area contributed by atoms with E-state index in [-0.39, 0.29) is 18.4 Å². The molecule has 30 heavy (non-hydrogen) atoms. The summed E-state index contributed by atoms with van der Waals surface area (Å²) in [5.41, 5.74) is 4.02. The van der Waals surface area contributed by atoms with Crippen LogP contribution in [0.4, 0.5) is 11.4 Å². The maximum Gasteiger partial charge on any atom is 0.268 e. The van der Waals surface area contributed by atoms with E-state index >= 15 is 0 Å². The molecule has 0 fully saturated rings. The summed E-state index contributed by atoms with van der Waals surface area (Å²) in [4.78, 5) is 31.9. The zero-order valence-corrected chi connectivity index (χ0v) is 18.0. The number of carbonyl (C=O) groups excluding carboxylic acids is 2. The molecule has 2 aromatic carbocycles. The fraction of sp³-hybridized carbons (Fsp3) is 0.261. The summed E-state index contributed by atoms with van der Waals surface area (Å²) in [6.07, 6.45) is -0.0718. The summed E-state index contributed by atoms with van der Waals surface area (Å²) in [6, 6.07) is 13.2. The van der Waals surface area contributed by atoms with Gasteiger partial charge in [-0.25, -0.2) is 4.98 Å². The summed E-state index contributed by atoms with van der Waals surface area (Å²) in [5.74, 6) is 0.132. The molecule has 0 saturated carbocycles. The van der Waals surface area contributed by atoms with Crippen LogP contribution in [0.2, 0.25) is 0 Å². The van der Waals surface area contributed by atoms with Gasteiger partial charge in [0.25, 0.3) is 5.91 Å². The molecule has 2 amide bonds. The van der Waals surface area contributed by atoms with Crippen molar-refractivity contribution in [3.63, 3.8) is 0 Å². The van der Waals surface area contributed by atoms with Crippen molar-refractivity contribution in [2.24, 2.45) is 0 Å². The summed E-state index contributed by atoms with van der Waals surface area (Å²) in [6.45, 7) is 5.69. The summed E-state index contributed by atoms with van der Waals surface area (Å²) >= 11 is 1.57. The molecule has 0 bridgehead atoms. The second-order valence-electron chi connectivity index (χ2n) is 7.24. The minimum Gasteiger partial charge on any atom is -0.478 e. The van der Waals surface area contributed by atoms with Crippen molar-refractivity contribution in [3.8, 4) is 17.0 Å². The Morgan fingerprint density at radius 2 is 2.03 bits per heavy atom. The van der Waals surface area contributed by atoms with Crippen LogP contribution in [0.25, 0.3) is 11.3 Å². The predicted molar refractivity (Wildman–Crippen MR) is 119 cm³/mol. The van der Waals surface area contributed by atoms with Gasteiger partial charge in [-0.3, -0.25) is 14.5 Å². The van der Waals surface area contributed by atoms with Gasteiger partial charge >= 0.3 is 0 Å². The largest absolute Gasteiger partial charge is 0.478 e. The number of nitrogens with zero attached hydrogens (tertiary/aromatic N) is 2. The molecule has 3 aromatic rings. The van der Waals surface area contributed by atoms with E-state index in [1.165, 1.54) is 4.90 Å². The zero-order valence-electron chi connectivity index (χ0n) is 17.1. The monoisotopic (exact) mass is 421 g/mol. The van der Waals surface area contributed by atoms with Crippen LogP contribution < -0.4 is 15.0 Å². The van der Waals surface area contributed by atoms with Crippen molar-refractivity contribution in [2.75, 3.05) is 16.8 Å². The molecular formula is C23H23N3O3S. The lowest BCUT2D eigenvalue weighted by Gasteiger charge is -2.34. The highest BCUT2D eigenvalue weighted by molar-refractivity contribution is 7.09. The highest BCUT2D eigenvalue weighted by Crippen LogP contribution is 2.38. The number of aryl methyl sites for hydroxylation is 2. The van der Waals surface area contributed by atoms with Crippen LogP contribution in [0.1, 0.15) is 23.9 Å². The van der Waals surface area contributed by atoms with Gasteiger partial charge in [0.15, 0.2) is 6.10 Å². The van der Waals surface area contributed by atoms with Crippen molar-refractivity contribution in [2.45, 2.75) is 33.3 Å². The van der Waals surface area contributed by atoms with E-state index in [1.807, 2.05) is 68.6 Å². The number of ether oxygens (including phenoxy) is 1. The van der Waals surface area contributed by atoms with Crippen molar-refractivity contribution < 1.29 is 14.3 Å². The minimum absolute atomic E-state index is 0.0838. The number of hydrogen-bond donors (Lipinski definition) is 1. The third-order valence-electron chi connectivity index (χ3n) is 5.07. The maximum atomic E-state index is 13.0. The molecule has 4 rings (SSSR count). The first kappa shape index (κ1) is 20.1. The second kappa shape index (κ2) is 8.28. The molecule has 1 aromatic heterocycles. The quantitative estimate of drug-likeness (QED) is 0.655. The van der Waals surface area contributed by atoms with Crippen LogP contribution in [-0.2, 0) is 9.59 Å². The summed E-state index contributed by atoms with van der Waals surface area (Å²) in [7, 11) is 0. The van der Waals surface area contributed by atoms with Crippen LogP contribution >= 0.6 is 11.3 Å². The van der Waals surface area contributed by atoms with Crippen molar-refractivity contribution in [1.29, 1.82) is 0 Å². The first-order valence-electron chi connectivity index (χ1n) is 9.86. The fourth-order valence-electron chi connectivity index (χ4n) is 3.45. The van der Waals surface area contributed by atoms with Gasteiger partial charge in [0, 0.05) is 16.6 Å². The molecule has 7 heteroatoms. The second-order valence-corrected chi connectivity index (χ2v) is 8.30. The number of para-hydroxylation sites is 1. The number of nitrogens with one attached hydrogen (secondary N) is 1. The van der Waals surface area contributed by atoms with Gasteiger partial charge in [-0.05, 0) is 50.1 Å². The molecule has 2 heterocycles. The van der Waals surface area contributed by atoms with Crippen LogP contribution in [0.15, 0.2) is 47.8 Å². The smallest absolute Gasteiger partial charge is 0.268 e. The van der Waals surface area contributed by atoms with Crippen LogP contribution in [0.5, 0.6) is 5.75 Å². The number of anilines is 2. The molecule has 0 saturated heterocycles. The number of rotatable bonds is 5. The number of amides is 2. The molecule has 154 valence electrons. The number of aromatic nitrogens is 1. The van der Waals surface area contributed by atoms with Gasteiger partial charge in [0.1, 0.15) is 12.3 Å². The first-order valence-corrected chi connectivity index (χ1v) is 10.7. The van der Waals surface area contributed by atoms with Gasteiger partial charge in [0.2, 0.25) is 5.91 Å². The molecule has 1 N–H and O–H groups in total. The SMILES string of the molecule is CCC1Oc2ccc(-c3csc(C)n3)cc2N(CC(=O)Nc2ccccc2C)C1=O. The first-order chi connectivity index (χ1) is 14.5. The van der Waals surface area contributed by atoms with E-state index in [2.05, 4.69) is 10.3 Å². The van der Waals surface area contributed by atoms with E-state index in [0.717, 1.165) is 27.5 Å².